The predicted octanol–water partition coefficient (Wildman–Crippen LogP) is 1.33. The minimum absolute atomic E-state index is 0.178. The number of thioether (sulfide) groups is 1. The van der Waals surface area contributed by atoms with Gasteiger partial charge in [-0.15, -0.1) is 11.8 Å². The maximum atomic E-state index is 11.5. The van der Waals surface area contributed by atoms with Gasteiger partial charge in [-0.05, 0) is 31.2 Å². The maximum Gasteiger partial charge on any atom is 0.321 e. The quantitative estimate of drug-likeness (QED) is 0.711. The van der Waals surface area contributed by atoms with Gasteiger partial charge >= 0.3 is 6.03 Å². The molecule has 17 heavy (non-hydrogen) atoms. The third-order valence-corrected chi connectivity index (χ3v) is 3.09. The van der Waals surface area contributed by atoms with Crippen molar-refractivity contribution in [2.45, 2.75) is 17.1 Å². The Morgan fingerprint density at radius 2 is 1.88 bits per heavy atom. The Labute approximate surface area is 104 Å². The van der Waals surface area contributed by atoms with Crippen LogP contribution in [0.5, 0.6) is 5.75 Å². The molecule has 1 aromatic rings. The zero-order valence-electron chi connectivity index (χ0n) is 9.56. The van der Waals surface area contributed by atoms with E-state index >= 15 is 0 Å². The first-order valence-corrected chi connectivity index (χ1v) is 5.89. The molecule has 1 aromatic carbocycles. The molecular formula is C11H14N2O3S. The summed E-state index contributed by atoms with van der Waals surface area (Å²) < 4.78 is 0. The predicted molar refractivity (Wildman–Crippen MR) is 66.0 cm³/mol. The van der Waals surface area contributed by atoms with Gasteiger partial charge in [0.2, 0.25) is 5.91 Å². The number of phenolic OH excluding ortho intramolecular Hbond substituents is 1. The Morgan fingerprint density at radius 1 is 1.29 bits per heavy atom. The lowest BCUT2D eigenvalue weighted by molar-refractivity contribution is -0.119. The number of rotatable bonds is 3. The van der Waals surface area contributed by atoms with Crippen molar-refractivity contribution in [2.24, 2.45) is 0 Å². The summed E-state index contributed by atoms with van der Waals surface area (Å²) in [6, 6.07) is 6.00. The van der Waals surface area contributed by atoms with Crippen molar-refractivity contribution < 1.29 is 14.7 Å². The van der Waals surface area contributed by atoms with E-state index in [1.54, 1.807) is 31.2 Å². The number of imide groups is 1. The first-order valence-electron chi connectivity index (χ1n) is 5.01. The average molecular weight is 254 g/mol. The second kappa shape index (κ2) is 6.15. The Bertz CT molecular complexity index is 406. The summed E-state index contributed by atoms with van der Waals surface area (Å²) in [5.41, 5.74) is 0. The van der Waals surface area contributed by atoms with Gasteiger partial charge in [0.25, 0.3) is 0 Å². The lowest BCUT2D eigenvalue weighted by Crippen LogP contribution is -2.41. The number of carbonyl (C=O) groups is 2. The Hall–Kier alpha value is -1.69. The molecule has 0 radical (unpaired) electrons. The molecule has 0 aliphatic heterocycles. The number of aromatic hydroxyl groups is 1. The van der Waals surface area contributed by atoms with Gasteiger partial charge in [-0.25, -0.2) is 4.79 Å². The summed E-state index contributed by atoms with van der Waals surface area (Å²) in [7, 11) is 1.44. The SMILES string of the molecule is CNC(=O)NC(=O)[C@H](C)Sc1ccc(O)cc1. The van der Waals surface area contributed by atoms with Gasteiger partial charge in [0.05, 0.1) is 5.25 Å². The van der Waals surface area contributed by atoms with Crippen molar-refractivity contribution in [3.05, 3.63) is 24.3 Å². The fourth-order valence-electron chi connectivity index (χ4n) is 1.06. The molecule has 0 heterocycles. The molecule has 0 aliphatic carbocycles. The maximum absolute atomic E-state index is 11.5. The van der Waals surface area contributed by atoms with Crippen LogP contribution in [0.1, 0.15) is 6.92 Å². The third kappa shape index (κ3) is 4.36. The second-order valence-corrected chi connectivity index (χ2v) is 4.74. The average Bonchev–Trinajstić information content (AvgIpc) is 2.31. The molecule has 0 saturated heterocycles. The molecule has 0 fully saturated rings. The lowest BCUT2D eigenvalue weighted by Gasteiger charge is -2.10. The van der Waals surface area contributed by atoms with E-state index in [1.165, 1.54) is 18.8 Å². The van der Waals surface area contributed by atoms with E-state index in [2.05, 4.69) is 10.6 Å². The summed E-state index contributed by atoms with van der Waals surface area (Å²) in [4.78, 5) is 23.3. The highest BCUT2D eigenvalue weighted by Gasteiger charge is 2.16. The van der Waals surface area contributed by atoms with Crippen LogP contribution in [0, 0.1) is 0 Å². The molecular weight excluding hydrogens is 240 g/mol. The molecule has 1 atom stereocenters. The van der Waals surface area contributed by atoms with Crippen LogP contribution in [0.2, 0.25) is 0 Å². The number of hydrogen-bond acceptors (Lipinski definition) is 4. The highest BCUT2D eigenvalue weighted by atomic mass is 32.2. The number of benzene rings is 1. The minimum atomic E-state index is -0.520. The van der Waals surface area contributed by atoms with Crippen molar-refractivity contribution in [2.75, 3.05) is 7.05 Å². The lowest BCUT2D eigenvalue weighted by atomic mass is 10.3. The first kappa shape index (κ1) is 13.4. The number of carbonyl (C=O) groups excluding carboxylic acids is 2. The van der Waals surface area contributed by atoms with Gasteiger partial charge < -0.3 is 10.4 Å². The Morgan fingerprint density at radius 3 is 2.41 bits per heavy atom. The van der Waals surface area contributed by atoms with Crippen LogP contribution in [0.4, 0.5) is 4.79 Å². The van der Waals surface area contributed by atoms with Crippen LogP contribution < -0.4 is 10.6 Å². The van der Waals surface area contributed by atoms with E-state index in [-0.39, 0.29) is 11.7 Å². The molecule has 0 bridgehead atoms. The van der Waals surface area contributed by atoms with Crippen molar-refractivity contribution >= 4 is 23.7 Å². The van der Waals surface area contributed by atoms with Crippen molar-refractivity contribution in [3.8, 4) is 5.75 Å². The van der Waals surface area contributed by atoms with Gasteiger partial charge in [-0.1, -0.05) is 0 Å². The highest BCUT2D eigenvalue weighted by molar-refractivity contribution is 8.00. The van der Waals surface area contributed by atoms with E-state index in [1.807, 2.05) is 0 Å². The van der Waals surface area contributed by atoms with Gasteiger partial charge in [0.15, 0.2) is 0 Å². The van der Waals surface area contributed by atoms with Crippen molar-refractivity contribution in [1.29, 1.82) is 0 Å². The largest absolute Gasteiger partial charge is 0.508 e. The number of urea groups is 1. The molecule has 0 aromatic heterocycles. The Kier molecular flexibility index (Phi) is 4.84. The molecule has 6 heteroatoms. The molecule has 1 rings (SSSR count). The summed E-state index contributed by atoms with van der Waals surface area (Å²) in [5.74, 6) is -0.181. The molecule has 0 spiro atoms. The molecule has 92 valence electrons. The molecule has 0 aliphatic rings. The normalized spacial score (nSPS) is 11.6. The van der Waals surface area contributed by atoms with Crippen LogP contribution >= 0.6 is 11.8 Å². The van der Waals surface area contributed by atoms with Gasteiger partial charge in [-0.3, -0.25) is 10.1 Å². The molecule has 0 unspecified atom stereocenters. The van der Waals surface area contributed by atoms with E-state index in [0.717, 1.165) is 4.90 Å². The second-order valence-electron chi connectivity index (χ2n) is 3.32. The van der Waals surface area contributed by atoms with E-state index in [4.69, 9.17) is 5.11 Å². The molecule has 3 amide bonds. The van der Waals surface area contributed by atoms with Crippen LogP contribution in [-0.4, -0.2) is 29.3 Å². The summed E-state index contributed by atoms with van der Waals surface area (Å²) in [6.45, 7) is 1.70. The van der Waals surface area contributed by atoms with Gasteiger partial charge in [0.1, 0.15) is 5.75 Å². The Balaban J connectivity index is 2.54. The summed E-state index contributed by atoms with van der Waals surface area (Å²) >= 11 is 1.31. The molecule has 3 N–H and O–H groups in total. The number of hydrogen-bond donors (Lipinski definition) is 3. The highest BCUT2D eigenvalue weighted by Crippen LogP contribution is 2.24. The third-order valence-electron chi connectivity index (χ3n) is 1.98. The van der Waals surface area contributed by atoms with Crippen LogP contribution in [-0.2, 0) is 4.79 Å². The van der Waals surface area contributed by atoms with Gasteiger partial charge in [-0.2, -0.15) is 0 Å². The monoisotopic (exact) mass is 254 g/mol. The topological polar surface area (TPSA) is 78.4 Å². The fraction of sp³-hybridized carbons (Fsp3) is 0.273. The number of phenols is 1. The van der Waals surface area contributed by atoms with Crippen LogP contribution in [0.25, 0.3) is 0 Å². The number of amides is 3. The smallest absolute Gasteiger partial charge is 0.321 e. The summed E-state index contributed by atoms with van der Waals surface area (Å²) in [5, 5.41) is 13.2. The first-order chi connectivity index (χ1) is 8.02. The van der Waals surface area contributed by atoms with Crippen LogP contribution in [0.3, 0.4) is 0 Å². The van der Waals surface area contributed by atoms with Crippen molar-refractivity contribution in [3.63, 3.8) is 0 Å². The molecule has 5 nitrogen and oxygen atoms in total. The molecule has 0 saturated carbocycles. The zero-order chi connectivity index (χ0) is 12.8. The fourth-order valence-corrected chi connectivity index (χ4v) is 1.93. The van der Waals surface area contributed by atoms with Gasteiger partial charge in [0, 0.05) is 11.9 Å². The van der Waals surface area contributed by atoms with E-state index in [0.29, 0.717) is 0 Å². The van der Waals surface area contributed by atoms with Crippen LogP contribution in [0.15, 0.2) is 29.2 Å². The van der Waals surface area contributed by atoms with Crippen molar-refractivity contribution in [1.82, 2.24) is 10.6 Å². The standard InChI is InChI=1S/C11H14N2O3S/c1-7(10(15)13-11(16)12-2)17-9-5-3-8(14)4-6-9/h3-7,14H,1-2H3,(H2,12,13,15,16)/t7-/m0/s1. The van der Waals surface area contributed by atoms with E-state index in [9.17, 15) is 9.59 Å². The number of nitrogens with one attached hydrogen (secondary N) is 2. The minimum Gasteiger partial charge on any atom is -0.508 e. The summed E-state index contributed by atoms with van der Waals surface area (Å²) in [6.07, 6.45) is 0. The van der Waals surface area contributed by atoms with E-state index < -0.39 is 11.3 Å². The zero-order valence-corrected chi connectivity index (χ0v) is 10.4.